The van der Waals surface area contributed by atoms with E-state index in [4.69, 9.17) is 14.5 Å². The van der Waals surface area contributed by atoms with E-state index >= 15 is 0 Å². The van der Waals surface area contributed by atoms with Gasteiger partial charge in [0, 0.05) is 17.4 Å². The maximum absolute atomic E-state index is 12.5. The van der Waals surface area contributed by atoms with Crippen LogP contribution < -0.4 is 0 Å². The van der Waals surface area contributed by atoms with Crippen molar-refractivity contribution < 1.29 is 19.3 Å². The Morgan fingerprint density at radius 3 is 2.21 bits per heavy atom. The first-order valence-corrected chi connectivity index (χ1v) is 10.4. The highest BCUT2D eigenvalue weighted by Crippen LogP contribution is 2.70. The number of carbonyl (C=O) groups excluding carboxylic acids is 1. The van der Waals surface area contributed by atoms with Crippen molar-refractivity contribution in [2.45, 2.75) is 105 Å². The number of esters is 1. The Kier molecular flexibility index (Phi) is 5.89. The molecule has 2 aliphatic carbocycles. The summed E-state index contributed by atoms with van der Waals surface area (Å²) in [5, 5.41) is 0. The van der Waals surface area contributed by atoms with Gasteiger partial charge in [-0.3, -0.25) is 0 Å². The third-order valence-electron chi connectivity index (χ3n) is 7.37. The highest BCUT2D eigenvalue weighted by molar-refractivity contribution is 5.87. The fourth-order valence-electron chi connectivity index (χ4n) is 4.41. The van der Waals surface area contributed by atoms with E-state index in [1.54, 1.807) is 6.92 Å². The molecule has 2 rings (SSSR count). The summed E-state index contributed by atoms with van der Waals surface area (Å²) in [7, 11) is 0. The van der Waals surface area contributed by atoms with Crippen LogP contribution in [0.25, 0.3) is 0 Å². The zero-order valence-corrected chi connectivity index (χ0v) is 19.2. The highest BCUT2D eigenvalue weighted by Gasteiger charge is 2.70. The van der Waals surface area contributed by atoms with Crippen LogP contribution in [0.5, 0.6) is 0 Å². The smallest absolute Gasteiger partial charge is 0.334 e. The molecule has 0 aliphatic heterocycles. The van der Waals surface area contributed by atoms with Crippen molar-refractivity contribution in [2.75, 3.05) is 0 Å². The van der Waals surface area contributed by atoms with Crippen molar-refractivity contribution in [3.8, 4) is 11.8 Å². The molecule has 2 fully saturated rings. The van der Waals surface area contributed by atoms with Crippen LogP contribution in [0, 0.1) is 28.6 Å². The molecule has 4 nitrogen and oxygen atoms in total. The van der Waals surface area contributed by atoms with Crippen molar-refractivity contribution in [1.82, 2.24) is 0 Å². The lowest BCUT2D eigenvalue weighted by Crippen LogP contribution is -2.50. The van der Waals surface area contributed by atoms with Crippen molar-refractivity contribution in [2.24, 2.45) is 16.7 Å². The van der Waals surface area contributed by atoms with E-state index in [9.17, 15) is 4.79 Å². The number of hydrogen-bond acceptors (Lipinski definition) is 4. The number of hydrogen-bond donors (Lipinski definition) is 0. The maximum Gasteiger partial charge on any atom is 0.334 e. The van der Waals surface area contributed by atoms with Crippen LogP contribution in [0.1, 0.15) is 88.0 Å². The Balaban J connectivity index is 2.38. The van der Waals surface area contributed by atoms with E-state index in [1.165, 1.54) is 0 Å². The average Bonchev–Trinajstić information content (AvgIpc) is 2.91. The van der Waals surface area contributed by atoms with Gasteiger partial charge in [-0.05, 0) is 65.2 Å². The van der Waals surface area contributed by atoms with Gasteiger partial charge < -0.3 is 4.74 Å². The average molecular weight is 391 g/mol. The van der Waals surface area contributed by atoms with Crippen molar-refractivity contribution in [3.05, 3.63) is 12.2 Å². The van der Waals surface area contributed by atoms with Crippen molar-refractivity contribution in [1.29, 1.82) is 0 Å². The molecule has 0 aromatic heterocycles. The predicted molar refractivity (Wildman–Crippen MR) is 111 cm³/mol. The molecule has 28 heavy (non-hydrogen) atoms. The van der Waals surface area contributed by atoms with Gasteiger partial charge in [-0.2, -0.15) is 0 Å². The summed E-state index contributed by atoms with van der Waals surface area (Å²) < 4.78 is 6.09. The first kappa shape index (κ1) is 23.0. The number of carbonyl (C=O) groups is 1. The molecule has 0 spiro atoms. The molecule has 0 amide bonds. The van der Waals surface area contributed by atoms with E-state index in [1.807, 2.05) is 34.6 Å². The van der Waals surface area contributed by atoms with Crippen molar-refractivity contribution in [3.63, 3.8) is 0 Å². The molecule has 158 valence electrons. The summed E-state index contributed by atoms with van der Waals surface area (Å²) in [5.41, 5.74) is -1.82. The van der Waals surface area contributed by atoms with Gasteiger partial charge in [-0.15, -0.1) is 0 Å². The van der Waals surface area contributed by atoms with Crippen LogP contribution in [-0.4, -0.2) is 22.8 Å². The summed E-state index contributed by atoms with van der Waals surface area (Å²) in [6, 6.07) is 0. The highest BCUT2D eigenvalue weighted by atomic mass is 17.2. The minimum Gasteiger partial charge on any atom is -0.442 e. The first-order chi connectivity index (χ1) is 12.6. The first-order valence-electron chi connectivity index (χ1n) is 10.4. The molecule has 0 heterocycles. The molecular weight excluding hydrogens is 352 g/mol. The largest absolute Gasteiger partial charge is 0.442 e. The number of ether oxygens (including phenoxy) is 1. The lowest BCUT2D eigenvalue weighted by molar-refractivity contribution is -0.388. The van der Waals surface area contributed by atoms with E-state index in [0.717, 1.165) is 25.7 Å². The number of rotatable bonds is 6. The summed E-state index contributed by atoms with van der Waals surface area (Å²) in [4.78, 5) is 23.8. The lowest BCUT2D eigenvalue weighted by atomic mass is 9.64. The molecule has 0 aromatic rings. The lowest BCUT2D eigenvalue weighted by Gasteiger charge is -2.44. The maximum atomic E-state index is 12.5. The molecule has 0 aromatic carbocycles. The molecule has 0 saturated heterocycles. The van der Waals surface area contributed by atoms with Gasteiger partial charge in [-0.1, -0.05) is 46.1 Å². The van der Waals surface area contributed by atoms with Crippen LogP contribution in [0.2, 0.25) is 0 Å². The summed E-state index contributed by atoms with van der Waals surface area (Å²) in [6.45, 7) is 22.0. The summed E-state index contributed by atoms with van der Waals surface area (Å²) in [5.74, 6) is 6.69. The quantitative estimate of drug-likeness (QED) is 0.194. The Hall–Kier alpha value is -1.31. The second-order valence-corrected chi connectivity index (χ2v) is 10.5. The SMILES string of the molecule is C=C(C)C(=O)O[C@@]1(C#CC(C)(C)OOC(C)(C)CC)C[C@@H]2CC[C@]1(C)C2(C)C. The van der Waals surface area contributed by atoms with Crippen LogP contribution >= 0.6 is 0 Å². The van der Waals surface area contributed by atoms with Crippen LogP contribution in [0.3, 0.4) is 0 Å². The molecule has 0 unspecified atom stereocenters. The van der Waals surface area contributed by atoms with E-state index in [0.29, 0.717) is 11.5 Å². The minimum atomic E-state index is -0.837. The van der Waals surface area contributed by atoms with E-state index in [2.05, 4.69) is 39.2 Å². The van der Waals surface area contributed by atoms with Gasteiger partial charge in [0.15, 0.2) is 11.2 Å². The van der Waals surface area contributed by atoms with Crippen LogP contribution in [-0.2, 0) is 19.3 Å². The molecule has 3 atom stereocenters. The fourth-order valence-corrected chi connectivity index (χ4v) is 4.41. The Labute approximate surface area is 171 Å². The standard InChI is InChI=1S/C24H38O4/c1-11-20(4,5)27-28-21(6,7)14-15-24(26-19(25)17(2)3)16-18-12-13-23(24,10)22(18,8)9/h18H,2,11-13,16H2,1,3-10H3/t18-,23+,24-/m0/s1. The molecule has 2 saturated carbocycles. The zero-order valence-electron chi connectivity index (χ0n) is 19.2. The second-order valence-electron chi connectivity index (χ2n) is 10.5. The van der Waals surface area contributed by atoms with Gasteiger partial charge in [-0.25, -0.2) is 14.6 Å². The Bertz CT molecular complexity index is 706. The predicted octanol–water partition coefficient (Wildman–Crippen LogP) is 5.61. The number of fused-ring (bicyclic) bond motifs is 2. The van der Waals surface area contributed by atoms with E-state index < -0.39 is 11.2 Å². The molecule has 2 bridgehead atoms. The monoisotopic (exact) mass is 390 g/mol. The molecule has 2 aliphatic rings. The molecular formula is C24H38O4. The topological polar surface area (TPSA) is 44.8 Å². The summed E-state index contributed by atoms with van der Waals surface area (Å²) in [6.07, 6.45) is 3.71. The fraction of sp³-hybridized carbons (Fsp3) is 0.792. The molecule has 0 N–H and O–H groups in total. The van der Waals surface area contributed by atoms with Gasteiger partial charge >= 0.3 is 5.97 Å². The van der Waals surface area contributed by atoms with Gasteiger partial charge in [0.2, 0.25) is 0 Å². The van der Waals surface area contributed by atoms with Crippen molar-refractivity contribution >= 4 is 5.97 Å². The molecule has 0 radical (unpaired) electrons. The normalized spacial score (nSPS) is 31.2. The molecule has 4 heteroatoms. The Morgan fingerprint density at radius 2 is 1.79 bits per heavy atom. The third-order valence-corrected chi connectivity index (χ3v) is 7.37. The third kappa shape index (κ3) is 3.89. The second kappa shape index (κ2) is 7.18. The Morgan fingerprint density at radius 1 is 1.18 bits per heavy atom. The van der Waals surface area contributed by atoms with Crippen LogP contribution in [0.15, 0.2) is 12.2 Å². The summed E-state index contributed by atoms with van der Waals surface area (Å²) >= 11 is 0. The van der Waals surface area contributed by atoms with Gasteiger partial charge in [0.25, 0.3) is 0 Å². The van der Waals surface area contributed by atoms with E-state index in [-0.39, 0.29) is 22.4 Å². The zero-order chi connectivity index (χ0) is 21.6. The van der Waals surface area contributed by atoms with Gasteiger partial charge in [0.1, 0.15) is 0 Å². The minimum absolute atomic E-state index is 0.0444. The van der Waals surface area contributed by atoms with Crippen LogP contribution in [0.4, 0.5) is 0 Å². The van der Waals surface area contributed by atoms with Gasteiger partial charge in [0.05, 0.1) is 5.60 Å².